The monoisotopic (exact) mass is 355 g/mol. The van der Waals surface area contributed by atoms with Crippen LogP contribution < -0.4 is 10.1 Å². The van der Waals surface area contributed by atoms with Crippen LogP contribution in [0.4, 0.5) is 13.2 Å². The van der Waals surface area contributed by atoms with Crippen molar-refractivity contribution in [2.75, 3.05) is 7.11 Å². The first-order valence-corrected chi connectivity index (χ1v) is 7.72. The van der Waals surface area contributed by atoms with Crippen molar-refractivity contribution in [2.45, 2.75) is 12.7 Å². The third-order valence-electron chi connectivity index (χ3n) is 3.32. The van der Waals surface area contributed by atoms with Gasteiger partial charge in [0.25, 0.3) is 5.91 Å². The molecule has 0 aliphatic rings. The molecule has 0 unspecified atom stereocenters. The number of pyridine rings is 1. The Labute approximate surface area is 138 Å². The fraction of sp³-hybridized carbons (Fsp3) is 0.200. The highest BCUT2D eigenvalue weighted by atomic mass is 32.1. The molecule has 9 heteroatoms. The molecule has 0 atom stereocenters. The average molecular weight is 355 g/mol. The number of alkyl halides is 3. The van der Waals surface area contributed by atoms with Crippen molar-refractivity contribution < 1.29 is 22.7 Å². The van der Waals surface area contributed by atoms with Crippen molar-refractivity contribution in [3.8, 4) is 5.75 Å². The molecule has 126 valence electrons. The zero-order chi connectivity index (χ0) is 17.3. The predicted molar refractivity (Wildman–Crippen MR) is 82.2 cm³/mol. The molecule has 3 aromatic rings. The van der Waals surface area contributed by atoms with Crippen molar-refractivity contribution >= 4 is 22.9 Å². The molecule has 0 aromatic carbocycles. The first kappa shape index (κ1) is 16.3. The molecule has 24 heavy (non-hydrogen) atoms. The normalized spacial score (nSPS) is 11.7. The molecule has 0 aliphatic heterocycles. The Morgan fingerprint density at radius 2 is 2.17 bits per heavy atom. The summed E-state index contributed by atoms with van der Waals surface area (Å²) in [6.07, 6.45) is -3.41. The number of imidazole rings is 1. The van der Waals surface area contributed by atoms with Crippen LogP contribution in [0, 0.1) is 0 Å². The zero-order valence-corrected chi connectivity index (χ0v) is 13.2. The zero-order valence-electron chi connectivity index (χ0n) is 12.4. The van der Waals surface area contributed by atoms with Gasteiger partial charge in [0.1, 0.15) is 5.69 Å². The number of carbonyl (C=O) groups is 1. The van der Waals surface area contributed by atoms with Crippen LogP contribution in [0.1, 0.15) is 21.1 Å². The fourth-order valence-electron chi connectivity index (χ4n) is 2.28. The molecule has 0 aliphatic carbocycles. The van der Waals surface area contributed by atoms with Gasteiger partial charge in [0.05, 0.1) is 13.7 Å². The number of hydrogen-bond donors (Lipinski definition) is 1. The van der Waals surface area contributed by atoms with Crippen molar-refractivity contribution in [2.24, 2.45) is 0 Å². The second kappa shape index (κ2) is 6.16. The summed E-state index contributed by atoms with van der Waals surface area (Å²) in [7, 11) is 1.33. The summed E-state index contributed by atoms with van der Waals surface area (Å²) in [6, 6.07) is 6.55. The maximum Gasteiger partial charge on any atom is 0.435 e. The summed E-state index contributed by atoms with van der Waals surface area (Å²) in [5.41, 5.74) is -1.86. The number of rotatable bonds is 4. The molecular formula is C15H12F3N3O2S. The van der Waals surface area contributed by atoms with Gasteiger partial charge in [-0.2, -0.15) is 13.2 Å². The van der Waals surface area contributed by atoms with Gasteiger partial charge in [-0.05, 0) is 23.6 Å². The van der Waals surface area contributed by atoms with Gasteiger partial charge >= 0.3 is 6.18 Å². The van der Waals surface area contributed by atoms with E-state index >= 15 is 0 Å². The largest absolute Gasteiger partial charge is 0.493 e. The van der Waals surface area contributed by atoms with Crippen molar-refractivity contribution in [1.29, 1.82) is 0 Å². The van der Waals surface area contributed by atoms with E-state index in [1.165, 1.54) is 36.8 Å². The van der Waals surface area contributed by atoms with E-state index < -0.39 is 23.5 Å². The van der Waals surface area contributed by atoms with E-state index in [4.69, 9.17) is 4.74 Å². The van der Waals surface area contributed by atoms with E-state index in [1.54, 1.807) is 12.1 Å². The summed E-state index contributed by atoms with van der Waals surface area (Å²) >= 11 is 1.40. The van der Waals surface area contributed by atoms with Crippen LogP contribution in [-0.2, 0) is 12.7 Å². The lowest BCUT2D eigenvalue weighted by Crippen LogP contribution is -2.26. The van der Waals surface area contributed by atoms with Crippen LogP contribution in [-0.4, -0.2) is 22.4 Å². The van der Waals surface area contributed by atoms with Crippen LogP contribution in [0.5, 0.6) is 5.75 Å². The number of methoxy groups -OCH3 is 1. The first-order valence-electron chi connectivity index (χ1n) is 6.84. The number of carbonyl (C=O) groups excluding carboxylic acids is 1. The second-order valence-electron chi connectivity index (χ2n) is 4.84. The number of aromatic nitrogens is 2. The summed E-state index contributed by atoms with van der Waals surface area (Å²) in [5.74, 6) is -0.697. The number of ether oxygens (including phenoxy) is 1. The molecule has 0 fully saturated rings. The molecule has 3 rings (SSSR count). The Morgan fingerprint density at radius 3 is 2.79 bits per heavy atom. The van der Waals surface area contributed by atoms with Gasteiger partial charge in [-0.25, -0.2) is 4.98 Å². The van der Waals surface area contributed by atoms with Crippen LogP contribution >= 0.6 is 11.3 Å². The Hall–Kier alpha value is -2.55. The minimum absolute atomic E-state index is 0.0615. The van der Waals surface area contributed by atoms with Crippen molar-refractivity contribution in [3.63, 3.8) is 0 Å². The predicted octanol–water partition coefficient (Wildman–Crippen LogP) is 3.35. The Balaban J connectivity index is 2.05. The molecule has 0 saturated heterocycles. The van der Waals surface area contributed by atoms with E-state index in [1.807, 2.05) is 5.38 Å². The lowest BCUT2D eigenvalue weighted by atomic mass is 10.3. The molecule has 0 bridgehead atoms. The maximum absolute atomic E-state index is 13.3. The summed E-state index contributed by atoms with van der Waals surface area (Å²) in [5, 5.41) is 4.32. The van der Waals surface area contributed by atoms with Crippen LogP contribution in [0.15, 0.2) is 35.8 Å². The number of nitrogens with zero attached hydrogens (tertiary/aromatic N) is 2. The fourth-order valence-corrected chi connectivity index (χ4v) is 2.93. The van der Waals surface area contributed by atoms with Gasteiger partial charge in [0.2, 0.25) is 0 Å². The molecule has 5 nitrogen and oxygen atoms in total. The molecule has 3 heterocycles. The summed E-state index contributed by atoms with van der Waals surface area (Å²) < 4.78 is 46.0. The highest BCUT2D eigenvalue weighted by molar-refractivity contribution is 7.09. The lowest BCUT2D eigenvalue weighted by molar-refractivity contribution is -0.141. The van der Waals surface area contributed by atoms with Gasteiger partial charge in [0.15, 0.2) is 17.1 Å². The van der Waals surface area contributed by atoms with Gasteiger partial charge in [-0.1, -0.05) is 6.07 Å². The lowest BCUT2D eigenvalue weighted by Gasteiger charge is -2.08. The van der Waals surface area contributed by atoms with Crippen molar-refractivity contribution in [1.82, 2.24) is 14.7 Å². The highest BCUT2D eigenvalue weighted by Crippen LogP contribution is 2.34. The van der Waals surface area contributed by atoms with Gasteiger partial charge in [-0.3, -0.25) is 9.20 Å². The summed E-state index contributed by atoms with van der Waals surface area (Å²) in [4.78, 5) is 16.8. The quantitative estimate of drug-likeness (QED) is 0.781. The number of fused-ring (bicyclic) bond motifs is 1. The average Bonchev–Trinajstić information content (AvgIpc) is 3.18. The number of nitrogens with one attached hydrogen (secondary N) is 1. The number of amides is 1. The van der Waals surface area contributed by atoms with E-state index in [2.05, 4.69) is 10.3 Å². The minimum Gasteiger partial charge on any atom is -0.493 e. The Bertz CT molecular complexity index is 872. The summed E-state index contributed by atoms with van der Waals surface area (Å²) in [6.45, 7) is 0.144. The number of hydrogen-bond acceptors (Lipinski definition) is 4. The topological polar surface area (TPSA) is 55.6 Å². The minimum atomic E-state index is -4.76. The van der Waals surface area contributed by atoms with E-state index in [9.17, 15) is 18.0 Å². The molecule has 1 amide bonds. The second-order valence-corrected chi connectivity index (χ2v) is 5.87. The maximum atomic E-state index is 13.3. The van der Waals surface area contributed by atoms with Crippen molar-refractivity contribution in [3.05, 3.63) is 52.1 Å². The molecule has 1 N–H and O–H groups in total. The van der Waals surface area contributed by atoms with Gasteiger partial charge in [0, 0.05) is 11.1 Å². The molecule has 0 radical (unpaired) electrons. The van der Waals surface area contributed by atoms with E-state index in [0.717, 1.165) is 9.28 Å². The van der Waals surface area contributed by atoms with E-state index in [0.29, 0.717) is 0 Å². The molecular weight excluding hydrogens is 343 g/mol. The first-order chi connectivity index (χ1) is 11.4. The van der Waals surface area contributed by atoms with Gasteiger partial charge in [-0.15, -0.1) is 11.3 Å². The number of thiophene rings is 1. The molecule has 0 saturated carbocycles. The SMILES string of the molecule is COc1cccn2c(C(=O)NCc3cccs3)c(C(F)(F)F)nc12. The molecule has 0 spiro atoms. The van der Waals surface area contributed by atoms with E-state index in [-0.39, 0.29) is 17.9 Å². The molecule has 3 aromatic heterocycles. The van der Waals surface area contributed by atoms with Crippen LogP contribution in [0.2, 0.25) is 0 Å². The van der Waals surface area contributed by atoms with Gasteiger partial charge < -0.3 is 10.1 Å². The standard InChI is InChI=1S/C15H12F3N3O2S/c1-23-10-5-2-6-21-11(12(15(16,17)18)20-13(10)21)14(22)19-8-9-4-3-7-24-9/h2-7H,8H2,1H3,(H,19,22). The Kier molecular flexibility index (Phi) is 4.18. The Morgan fingerprint density at radius 1 is 1.38 bits per heavy atom. The highest BCUT2D eigenvalue weighted by Gasteiger charge is 2.40. The van der Waals surface area contributed by atoms with Crippen LogP contribution in [0.3, 0.4) is 0 Å². The third-order valence-corrected chi connectivity index (χ3v) is 4.20. The smallest absolute Gasteiger partial charge is 0.435 e. The van der Waals surface area contributed by atoms with Crippen LogP contribution in [0.25, 0.3) is 5.65 Å². The third kappa shape index (κ3) is 2.94. The number of halogens is 3.